The van der Waals surface area contributed by atoms with Crippen LogP contribution < -0.4 is 5.73 Å². The number of nitrogens with zero attached hydrogens (tertiary/aromatic N) is 1. The van der Waals surface area contributed by atoms with Crippen LogP contribution in [0, 0.1) is 11.3 Å². The molecule has 0 saturated heterocycles. The van der Waals surface area contributed by atoms with Crippen molar-refractivity contribution in [3.8, 4) is 0 Å². The van der Waals surface area contributed by atoms with Crippen LogP contribution in [-0.2, 0) is 9.53 Å². The second kappa shape index (κ2) is 8.48. The van der Waals surface area contributed by atoms with Crippen LogP contribution in [0.1, 0.15) is 40.5 Å². The van der Waals surface area contributed by atoms with Gasteiger partial charge in [-0.25, -0.2) is 0 Å². The van der Waals surface area contributed by atoms with Crippen LogP contribution in [0.5, 0.6) is 0 Å². The molecule has 5 heteroatoms. The van der Waals surface area contributed by atoms with E-state index in [0.717, 1.165) is 0 Å². The Morgan fingerprint density at radius 1 is 1.37 bits per heavy atom. The van der Waals surface area contributed by atoms with Crippen molar-refractivity contribution in [2.24, 2.45) is 17.1 Å². The molecule has 0 rings (SSSR count). The highest BCUT2D eigenvalue weighted by Crippen LogP contribution is 2.28. The van der Waals surface area contributed by atoms with E-state index in [4.69, 9.17) is 22.7 Å². The van der Waals surface area contributed by atoms with Crippen LogP contribution >= 0.6 is 12.2 Å². The average molecular weight is 288 g/mol. The van der Waals surface area contributed by atoms with Gasteiger partial charge in [-0.3, -0.25) is 4.79 Å². The number of carbonyl (C=O) groups excluding carboxylic acids is 1. The van der Waals surface area contributed by atoms with E-state index >= 15 is 0 Å². The maximum Gasteiger partial charge on any atom is 0.222 e. The largest absolute Gasteiger partial charge is 0.393 e. The van der Waals surface area contributed by atoms with Gasteiger partial charge < -0.3 is 15.4 Å². The third kappa shape index (κ3) is 8.16. The van der Waals surface area contributed by atoms with Crippen molar-refractivity contribution in [1.82, 2.24) is 4.90 Å². The van der Waals surface area contributed by atoms with Gasteiger partial charge in [0.25, 0.3) is 0 Å². The maximum atomic E-state index is 12.3. The van der Waals surface area contributed by atoms with E-state index in [2.05, 4.69) is 27.7 Å². The molecule has 0 heterocycles. The van der Waals surface area contributed by atoms with Gasteiger partial charge in [0.1, 0.15) is 0 Å². The molecule has 4 nitrogen and oxygen atoms in total. The summed E-state index contributed by atoms with van der Waals surface area (Å²) in [7, 11) is 1.63. The van der Waals surface area contributed by atoms with Gasteiger partial charge >= 0.3 is 0 Å². The molecule has 0 saturated carbocycles. The zero-order valence-electron chi connectivity index (χ0n) is 12.9. The predicted molar refractivity (Wildman–Crippen MR) is 83.1 cm³/mol. The summed E-state index contributed by atoms with van der Waals surface area (Å²) in [5, 5.41) is 0. The van der Waals surface area contributed by atoms with Crippen molar-refractivity contribution in [1.29, 1.82) is 0 Å². The van der Waals surface area contributed by atoms with Gasteiger partial charge in [-0.2, -0.15) is 0 Å². The minimum absolute atomic E-state index is 0.131. The number of hydrogen-bond donors (Lipinski definition) is 1. The predicted octanol–water partition coefficient (Wildman–Crippen LogP) is 2.21. The molecular formula is C14H28N2O2S. The van der Waals surface area contributed by atoms with Crippen molar-refractivity contribution in [3.05, 3.63) is 0 Å². The first-order valence-electron chi connectivity index (χ1n) is 6.73. The Balaban J connectivity index is 4.48. The molecule has 0 aromatic heterocycles. The smallest absolute Gasteiger partial charge is 0.222 e. The van der Waals surface area contributed by atoms with Gasteiger partial charge in [-0.15, -0.1) is 0 Å². The zero-order chi connectivity index (χ0) is 15.1. The highest BCUT2D eigenvalue weighted by molar-refractivity contribution is 7.80. The fourth-order valence-corrected chi connectivity index (χ4v) is 1.60. The monoisotopic (exact) mass is 288 g/mol. The standard InChI is InChI=1S/C14H28N2O2S/c1-11(14(2,3)4)10-13(17)16(8-9-18-5)7-6-12(15)19/h11H,6-10H2,1-5H3,(H2,15,19). The fourth-order valence-electron chi connectivity index (χ4n) is 1.51. The Hall–Kier alpha value is -0.680. The number of hydrogen-bond acceptors (Lipinski definition) is 3. The second-order valence-corrected chi connectivity index (χ2v) is 6.59. The molecule has 0 radical (unpaired) electrons. The van der Waals surface area contributed by atoms with Gasteiger partial charge in [-0.1, -0.05) is 39.9 Å². The minimum atomic E-state index is 0.131. The molecule has 0 bridgehead atoms. The molecule has 112 valence electrons. The van der Waals surface area contributed by atoms with E-state index in [1.165, 1.54) is 0 Å². The van der Waals surface area contributed by atoms with Crippen LogP contribution in [0.4, 0.5) is 0 Å². The summed E-state index contributed by atoms with van der Waals surface area (Å²) < 4.78 is 5.04. The third-order valence-electron chi connectivity index (χ3n) is 3.51. The lowest BCUT2D eigenvalue weighted by Gasteiger charge is -2.30. The molecule has 0 aliphatic rings. The Labute approximate surface area is 122 Å². The van der Waals surface area contributed by atoms with E-state index in [1.807, 2.05) is 0 Å². The summed E-state index contributed by atoms with van der Waals surface area (Å²) in [4.78, 5) is 14.5. The number of methoxy groups -OCH3 is 1. The minimum Gasteiger partial charge on any atom is -0.393 e. The maximum absolute atomic E-state index is 12.3. The first kappa shape index (κ1) is 18.3. The normalized spacial score (nSPS) is 13.1. The molecular weight excluding hydrogens is 260 g/mol. The van der Waals surface area contributed by atoms with E-state index in [0.29, 0.717) is 43.4 Å². The Bertz CT molecular complexity index is 300. The van der Waals surface area contributed by atoms with Crippen molar-refractivity contribution in [2.75, 3.05) is 26.8 Å². The highest BCUT2D eigenvalue weighted by Gasteiger charge is 2.24. The number of ether oxygens (including phenoxy) is 1. The van der Waals surface area contributed by atoms with E-state index in [1.54, 1.807) is 12.0 Å². The average Bonchev–Trinajstić information content (AvgIpc) is 2.27. The molecule has 0 aliphatic heterocycles. The summed E-state index contributed by atoms with van der Waals surface area (Å²) in [6.07, 6.45) is 1.11. The molecule has 0 aromatic rings. The van der Waals surface area contributed by atoms with Crippen molar-refractivity contribution in [3.63, 3.8) is 0 Å². The van der Waals surface area contributed by atoms with Crippen LogP contribution in [0.15, 0.2) is 0 Å². The molecule has 0 aliphatic carbocycles. The van der Waals surface area contributed by atoms with Crippen LogP contribution in [0.25, 0.3) is 0 Å². The van der Waals surface area contributed by atoms with E-state index < -0.39 is 0 Å². The lowest BCUT2D eigenvalue weighted by Crippen LogP contribution is -2.38. The highest BCUT2D eigenvalue weighted by atomic mass is 32.1. The Morgan fingerprint density at radius 2 is 1.95 bits per heavy atom. The van der Waals surface area contributed by atoms with E-state index in [-0.39, 0.29) is 11.3 Å². The summed E-state index contributed by atoms with van der Waals surface area (Å²) in [5.41, 5.74) is 5.63. The number of rotatable bonds is 8. The zero-order valence-corrected chi connectivity index (χ0v) is 13.7. The van der Waals surface area contributed by atoms with Gasteiger partial charge in [0, 0.05) is 33.0 Å². The number of nitrogens with two attached hydrogens (primary N) is 1. The van der Waals surface area contributed by atoms with Gasteiger partial charge in [0.05, 0.1) is 11.6 Å². The molecule has 1 unspecified atom stereocenters. The lowest BCUT2D eigenvalue weighted by atomic mass is 9.80. The summed E-state index contributed by atoms with van der Waals surface area (Å²) in [5.74, 6) is 0.477. The fraction of sp³-hybridized carbons (Fsp3) is 0.857. The third-order valence-corrected chi connectivity index (χ3v) is 3.71. The Kier molecular flexibility index (Phi) is 8.18. The van der Waals surface area contributed by atoms with E-state index in [9.17, 15) is 4.79 Å². The molecule has 2 N–H and O–H groups in total. The molecule has 0 aromatic carbocycles. The van der Waals surface area contributed by atoms with Crippen molar-refractivity contribution < 1.29 is 9.53 Å². The Morgan fingerprint density at radius 3 is 2.37 bits per heavy atom. The molecule has 1 atom stereocenters. The first-order chi connectivity index (χ1) is 8.68. The molecule has 1 amide bonds. The topological polar surface area (TPSA) is 55.6 Å². The second-order valence-electron chi connectivity index (χ2n) is 6.06. The van der Waals surface area contributed by atoms with Crippen molar-refractivity contribution >= 4 is 23.1 Å². The van der Waals surface area contributed by atoms with Gasteiger partial charge in [0.2, 0.25) is 5.91 Å². The molecule has 0 spiro atoms. The molecule has 19 heavy (non-hydrogen) atoms. The lowest BCUT2D eigenvalue weighted by molar-refractivity contribution is -0.133. The summed E-state index contributed by atoms with van der Waals surface area (Å²) in [6.45, 7) is 10.3. The van der Waals surface area contributed by atoms with Crippen molar-refractivity contribution in [2.45, 2.75) is 40.5 Å². The van der Waals surface area contributed by atoms with Gasteiger partial charge in [0.15, 0.2) is 0 Å². The SMILES string of the molecule is COCCN(CCC(N)=S)C(=O)CC(C)C(C)(C)C. The van der Waals surface area contributed by atoms with Crippen LogP contribution in [0.3, 0.4) is 0 Å². The molecule has 0 fully saturated rings. The van der Waals surface area contributed by atoms with Gasteiger partial charge in [-0.05, 0) is 11.3 Å². The number of carbonyl (C=O) groups is 1. The quantitative estimate of drug-likeness (QED) is 0.696. The number of amides is 1. The number of thiocarbonyl (C=S) groups is 1. The first-order valence-corrected chi connectivity index (χ1v) is 7.14. The van der Waals surface area contributed by atoms with Crippen LogP contribution in [0.2, 0.25) is 0 Å². The summed E-state index contributed by atoms with van der Waals surface area (Å²) in [6, 6.07) is 0. The van der Waals surface area contributed by atoms with Crippen LogP contribution in [-0.4, -0.2) is 42.6 Å². The summed E-state index contributed by atoms with van der Waals surface area (Å²) >= 11 is 4.87.